The molecule has 0 spiro atoms. The largest absolute Gasteiger partial charge is 0.350 e. The molecule has 2 N–H and O–H groups in total. The lowest BCUT2D eigenvalue weighted by molar-refractivity contribution is -0.125. The summed E-state index contributed by atoms with van der Waals surface area (Å²) in [6.45, 7) is 11.1. The fourth-order valence-corrected chi connectivity index (χ4v) is 3.24. The van der Waals surface area contributed by atoms with E-state index in [0.717, 1.165) is 5.56 Å². The number of benzene rings is 1. The maximum atomic E-state index is 12.4. The molecule has 124 valence electrons. The molecule has 0 aliphatic heterocycles. The van der Waals surface area contributed by atoms with Crippen LogP contribution in [0.3, 0.4) is 0 Å². The van der Waals surface area contributed by atoms with Gasteiger partial charge in [0, 0.05) is 5.54 Å². The fourth-order valence-electron chi connectivity index (χ4n) is 1.89. The van der Waals surface area contributed by atoms with Gasteiger partial charge < -0.3 is 5.32 Å². The average molecular weight is 326 g/mol. The molecule has 1 aromatic carbocycles. The van der Waals surface area contributed by atoms with Crippen LogP contribution in [0.15, 0.2) is 29.2 Å². The van der Waals surface area contributed by atoms with Crippen LogP contribution in [-0.4, -0.2) is 25.9 Å². The van der Waals surface area contributed by atoms with Crippen molar-refractivity contribution in [3.8, 4) is 0 Å². The molecule has 0 saturated carbocycles. The Morgan fingerprint density at radius 3 is 2.00 bits per heavy atom. The van der Waals surface area contributed by atoms with Crippen LogP contribution in [0, 0.1) is 12.8 Å². The molecular formula is C16H26N2O3S. The van der Waals surface area contributed by atoms with Gasteiger partial charge in [0.05, 0.1) is 4.90 Å². The van der Waals surface area contributed by atoms with Gasteiger partial charge in [0.1, 0.15) is 6.04 Å². The van der Waals surface area contributed by atoms with Gasteiger partial charge in [-0.05, 0) is 45.7 Å². The van der Waals surface area contributed by atoms with Crippen LogP contribution >= 0.6 is 0 Å². The highest BCUT2D eigenvalue weighted by Gasteiger charge is 2.30. The van der Waals surface area contributed by atoms with E-state index in [1.54, 1.807) is 12.1 Å². The van der Waals surface area contributed by atoms with Crippen LogP contribution in [0.4, 0.5) is 0 Å². The van der Waals surface area contributed by atoms with Crippen molar-refractivity contribution in [2.45, 2.75) is 58.0 Å². The number of hydrogen-bond donors (Lipinski definition) is 2. The topological polar surface area (TPSA) is 75.3 Å². The lowest BCUT2D eigenvalue weighted by Crippen LogP contribution is -2.54. The first-order valence-electron chi connectivity index (χ1n) is 7.33. The number of aryl methyl sites for hydroxylation is 1. The van der Waals surface area contributed by atoms with Crippen LogP contribution in [0.5, 0.6) is 0 Å². The molecule has 0 aliphatic carbocycles. The highest BCUT2D eigenvalue weighted by molar-refractivity contribution is 7.89. The smallest absolute Gasteiger partial charge is 0.241 e. The van der Waals surface area contributed by atoms with Gasteiger partial charge in [-0.3, -0.25) is 4.79 Å². The van der Waals surface area contributed by atoms with E-state index in [9.17, 15) is 13.2 Å². The maximum absolute atomic E-state index is 12.4. The molecule has 5 nitrogen and oxygen atoms in total. The number of amides is 1. The van der Waals surface area contributed by atoms with Crippen molar-refractivity contribution >= 4 is 15.9 Å². The summed E-state index contributed by atoms with van der Waals surface area (Å²) in [4.78, 5) is 12.5. The van der Waals surface area contributed by atoms with Crippen LogP contribution in [0.25, 0.3) is 0 Å². The second-order valence-corrected chi connectivity index (χ2v) is 8.61. The van der Waals surface area contributed by atoms with Crippen molar-refractivity contribution in [3.05, 3.63) is 29.8 Å². The van der Waals surface area contributed by atoms with Gasteiger partial charge in [0.2, 0.25) is 15.9 Å². The Morgan fingerprint density at radius 2 is 1.59 bits per heavy atom. The van der Waals surface area contributed by atoms with E-state index in [1.807, 2.05) is 41.5 Å². The zero-order chi connectivity index (χ0) is 17.1. The second-order valence-electron chi connectivity index (χ2n) is 6.90. The quantitative estimate of drug-likeness (QED) is 0.871. The van der Waals surface area contributed by atoms with E-state index in [4.69, 9.17) is 0 Å². The average Bonchev–Trinajstić information content (AvgIpc) is 2.34. The molecule has 0 radical (unpaired) electrons. The Balaban J connectivity index is 3.00. The monoisotopic (exact) mass is 326 g/mol. The van der Waals surface area contributed by atoms with Crippen molar-refractivity contribution in [3.63, 3.8) is 0 Å². The first-order chi connectivity index (χ1) is 9.92. The van der Waals surface area contributed by atoms with E-state index in [1.165, 1.54) is 12.1 Å². The normalized spacial score (nSPS) is 14.0. The van der Waals surface area contributed by atoms with Crippen molar-refractivity contribution in [2.75, 3.05) is 0 Å². The van der Waals surface area contributed by atoms with Crippen molar-refractivity contribution in [1.82, 2.24) is 10.0 Å². The highest BCUT2D eigenvalue weighted by Crippen LogP contribution is 2.13. The van der Waals surface area contributed by atoms with Gasteiger partial charge in [0.25, 0.3) is 0 Å². The number of hydrogen-bond acceptors (Lipinski definition) is 3. The molecule has 1 aromatic rings. The summed E-state index contributed by atoms with van der Waals surface area (Å²) in [5, 5.41) is 2.82. The van der Waals surface area contributed by atoms with Gasteiger partial charge >= 0.3 is 0 Å². The van der Waals surface area contributed by atoms with Crippen LogP contribution in [-0.2, 0) is 14.8 Å². The minimum Gasteiger partial charge on any atom is -0.350 e. The van der Waals surface area contributed by atoms with Gasteiger partial charge in [-0.1, -0.05) is 31.5 Å². The Labute approximate surface area is 133 Å². The van der Waals surface area contributed by atoms with E-state index < -0.39 is 21.6 Å². The molecule has 0 aliphatic rings. The summed E-state index contributed by atoms with van der Waals surface area (Å²) in [6.07, 6.45) is 0. The Bertz CT molecular complexity index is 614. The standard InChI is InChI=1S/C16H26N2O3S/c1-11(2)14(15(19)17-16(4,5)6)18-22(20,21)13-9-7-12(3)8-10-13/h7-11,14,18H,1-6H3,(H,17,19)/t14-/m0/s1. The molecule has 1 amide bonds. The SMILES string of the molecule is Cc1ccc(S(=O)(=O)N[C@H](C(=O)NC(C)(C)C)C(C)C)cc1. The second kappa shape index (κ2) is 6.79. The summed E-state index contributed by atoms with van der Waals surface area (Å²) in [5.41, 5.74) is 0.560. The Kier molecular flexibility index (Phi) is 5.76. The molecular weight excluding hydrogens is 300 g/mol. The molecule has 22 heavy (non-hydrogen) atoms. The van der Waals surface area contributed by atoms with Gasteiger partial charge in [-0.2, -0.15) is 4.72 Å². The Morgan fingerprint density at radius 1 is 1.09 bits per heavy atom. The van der Waals surface area contributed by atoms with Gasteiger partial charge in [0.15, 0.2) is 0 Å². The lowest BCUT2D eigenvalue weighted by atomic mass is 10.0. The Hall–Kier alpha value is -1.40. The summed E-state index contributed by atoms with van der Waals surface area (Å²) < 4.78 is 27.4. The minimum atomic E-state index is -3.73. The predicted molar refractivity (Wildman–Crippen MR) is 88.0 cm³/mol. The molecule has 0 heterocycles. The van der Waals surface area contributed by atoms with E-state index in [-0.39, 0.29) is 16.7 Å². The molecule has 0 saturated heterocycles. The third-order valence-corrected chi connectivity index (χ3v) is 4.52. The van der Waals surface area contributed by atoms with Crippen molar-refractivity contribution in [2.24, 2.45) is 5.92 Å². The minimum absolute atomic E-state index is 0.160. The van der Waals surface area contributed by atoms with Crippen LogP contribution in [0.1, 0.15) is 40.2 Å². The molecule has 0 aromatic heterocycles. The lowest BCUT2D eigenvalue weighted by Gasteiger charge is -2.27. The fraction of sp³-hybridized carbons (Fsp3) is 0.562. The van der Waals surface area contributed by atoms with E-state index in [0.29, 0.717) is 0 Å². The predicted octanol–water partition coefficient (Wildman–Crippen LogP) is 2.21. The molecule has 1 atom stereocenters. The number of carbonyl (C=O) groups excluding carboxylic acids is 1. The third kappa shape index (κ3) is 5.42. The first kappa shape index (κ1) is 18.6. The third-order valence-electron chi connectivity index (χ3n) is 3.06. The summed E-state index contributed by atoms with van der Waals surface area (Å²) in [5.74, 6) is -0.485. The van der Waals surface area contributed by atoms with Crippen LogP contribution < -0.4 is 10.0 Å². The molecule has 6 heteroatoms. The highest BCUT2D eigenvalue weighted by atomic mass is 32.2. The van der Waals surface area contributed by atoms with Crippen molar-refractivity contribution in [1.29, 1.82) is 0 Å². The number of rotatable bonds is 5. The molecule has 0 fully saturated rings. The summed E-state index contributed by atoms with van der Waals surface area (Å²) in [7, 11) is -3.73. The number of sulfonamides is 1. The molecule has 1 rings (SSSR count). The summed E-state index contributed by atoms with van der Waals surface area (Å²) in [6, 6.07) is 5.72. The van der Waals surface area contributed by atoms with E-state index in [2.05, 4.69) is 10.0 Å². The number of carbonyl (C=O) groups is 1. The zero-order valence-electron chi connectivity index (χ0n) is 14.1. The maximum Gasteiger partial charge on any atom is 0.241 e. The zero-order valence-corrected chi connectivity index (χ0v) is 14.9. The molecule has 0 bridgehead atoms. The van der Waals surface area contributed by atoms with E-state index >= 15 is 0 Å². The van der Waals surface area contributed by atoms with Crippen molar-refractivity contribution < 1.29 is 13.2 Å². The first-order valence-corrected chi connectivity index (χ1v) is 8.82. The van der Waals surface area contributed by atoms with Crippen LogP contribution in [0.2, 0.25) is 0 Å². The summed E-state index contributed by atoms with van der Waals surface area (Å²) >= 11 is 0. The van der Waals surface area contributed by atoms with Gasteiger partial charge in [-0.15, -0.1) is 0 Å². The number of nitrogens with one attached hydrogen (secondary N) is 2. The van der Waals surface area contributed by atoms with Gasteiger partial charge in [-0.25, -0.2) is 8.42 Å². The molecule has 0 unspecified atom stereocenters.